The molecule has 1 saturated heterocycles. The number of carbonyl (C=O) groups is 1. The van der Waals surface area contributed by atoms with Crippen LogP contribution in [0.2, 0.25) is 0 Å². The number of nitrogens with zero attached hydrogens (tertiary/aromatic N) is 4. The molecule has 154 valence electrons. The summed E-state index contributed by atoms with van der Waals surface area (Å²) in [5.74, 6) is 0.673. The average Bonchev–Trinajstić information content (AvgIpc) is 2.80. The molecule has 0 atom stereocenters. The number of hydrogen-bond acceptors (Lipinski definition) is 7. The Morgan fingerprint density at radius 1 is 1.07 bits per heavy atom. The molecule has 0 radical (unpaired) electrons. The van der Waals surface area contributed by atoms with E-state index in [0.29, 0.717) is 61.3 Å². The van der Waals surface area contributed by atoms with E-state index in [2.05, 4.69) is 9.88 Å². The SMILES string of the molecule is CCOC(=O)c1c(Cc2ccccc2)nc(-c2ccccn2)nc1N1CCOCC1. The number of esters is 1. The highest BCUT2D eigenvalue weighted by Gasteiger charge is 2.27. The van der Waals surface area contributed by atoms with Crippen molar-refractivity contribution in [2.24, 2.45) is 0 Å². The normalized spacial score (nSPS) is 13.8. The van der Waals surface area contributed by atoms with Gasteiger partial charge in [0.15, 0.2) is 5.82 Å². The number of aromatic nitrogens is 3. The Kier molecular flexibility index (Phi) is 6.29. The fourth-order valence-corrected chi connectivity index (χ4v) is 3.44. The van der Waals surface area contributed by atoms with Gasteiger partial charge in [-0.1, -0.05) is 36.4 Å². The lowest BCUT2D eigenvalue weighted by Gasteiger charge is -2.30. The zero-order valence-electron chi connectivity index (χ0n) is 17.0. The molecule has 1 aliphatic rings. The maximum absolute atomic E-state index is 13.0. The van der Waals surface area contributed by atoms with Gasteiger partial charge in [-0.05, 0) is 24.6 Å². The third-order valence-electron chi connectivity index (χ3n) is 4.86. The van der Waals surface area contributed by atoms with Crippen molar-refractivity contribution in [3.05, 3.63) is 71.5 Å². The molecule has 4 rings (SSSR count). The second-order valence-corrected chi connectivity index (χ2v) is 6.89. The lowest BCUT2D eigenvalue weighted by Crippen LogP contribution is -2.38. The molecule has 0 unspecified atom stereocenters. The minimum atomic E-state index is -0.405. The summed E-state index contributed by atoms with van der Waals surface area (Å²) in [7, 11) is 0. The Labute approximate surface area is 175 Å². The highest BCUT2D eigenvalue weighted by atomic mass is 16.5. The van der Waals surface area contributed by atoms with E-state index in [1.54, 1.807) is 13.1 Å². The molecule has 1 aliphatic heterocycles. The number of pyridine rings is 1. The maximum atomic E-state index is 13.0. The largest absolute Gasteiger partial charge is 0.462 e. The van der Waals surface area contributed by atoms with Crippen LogP contribution in [0.3, 0.4) is 0 Å². The molecular weight excluding hydrogens is 380 g/mol. The van der Waals surface area contributed by atoms with E-state index < -0.39 is 5.97 Å². The van der Waals surface area contributed by atoms with Gasteiger partial charge in [0.05, 0.1) is 25.5 Å². The first kappa shape index (κ1) is 20.0. The predicted molar refractivity (Wildman–Crippen MR) is 113 cm³/mol. The first-order valence-corrected chi connectivity index (χ1v) is 10.1. The van der Waals surface area contributed by atoms with Crippen LogP contribution in [-0.2, 0) is 15.9 Å². The lowest BCUT2D eigenvalue weighted by atomic mass is 10.0. The van der Waals surface area contributed by atoms with Crippen LogP contribution in [0.5, 0.6) is 0 Å². The molecule has 3 aromatic rings. The Balaban J connectivity index is 1.88. The molecule has 0 saturated carbocycles. The maximum Gasteiger partial charge on any atom is 0.343 e. The monoisotopic (exact) mass is 404 g/mol. The molecule has 0 N–H and O–H groups in total. The second kappa shape index (κ2) is 9.45. The van der Waals surface area contributed by atoms with Crippen molar-refractivity contribution in [3.63, 3.8) is 0 Å². The van der Waals surface area contributed by atoms with Crippen LogP contribution in [0.4, 0.5) is 5.82 Å². The second-order valence-electron chi connectivity index (χ2n) is 6.89. The summed E-state index contributed by atoms with van der Waals surface area (Å²) in [5.41, 5.74) is 2.78. The van der Waals surface area contributed by atoms with Crippen molar-refractivity contribution in [1.82, 2.24) is 15.0 Å². The predicted octanol–water partition coefficient (Wildman–Crippen LogP) is 3.14. The molecule has 7 heteroatoms. The Morgan fingerprint density at radius 2 is 1.83 bits per heavy atom. The van der Waals surface area contributed by atoms with Gasteiger partial charge in [0.2, 0.25) is 0 Å². The summed E-state index contributed by atoms with van der Waals surface area (Å²) in [6, 6.07) is 15.6. The van der Waals surface area contributed by atoms with Crippen LogP contribution in [0.25, 0.3) is 11.5 Å². The van der Waals surface area contributed by atoms with Crippen molar-refractivity contribution >= 4 is 11.8 Å². The number of benzene rings is 1. The zero-order valence-corrected chi connectivity index (χ0v) is 17.0. The first-order chi connectivity index (χ1) is 14.8. The highest BCUT2D eigenvalue weighted by molar-refractivity contribution is 5.96. The van der Waals surface area contributed by atoms with Gasteiger partial charge in [-0.15, -0.1) is 0 Å². The smallest absolute Gasteiger partial charge is 0.343 e. The van der Waals surface area contributed by atoms with Crippen molar-refractivity contribution in [2.75, 3.05) is 37.8 Å². The molecular formula is C23H24N4O3. The van der Waals surface area contributed by atoms with Crippen molar-refractivity contribution in [3.8, 4) is 11.5 Å². The minimum Gasteiger partial charge on any atom is -0.462 e. The average molecular weight is 404 g/mol. The van der Waals surface area contributed by atoms with Crippen molar-refractivity contribution in [2.45, 2.75) is 13.3 Å². The van der Waals surface area contributed by atoms with Gasteiger partial charge in [-0.3, -0.25) is 4.98 Å². The van der Waals surface area contributed by atoms with Gasteiger partial charge >= 0.3 is 5.97 Å². The molecule has 2 aromatic heterocycles. The van der Waals surface area contributed by atoms with Gasteiger partial charge in [0.25, 0.3) is 0 Å². The number of hydrogen-bond donors (Lipinski definition) is 0. The van der Waals surface area contributed by atoms with Gasteiger partial charge in [0, 0.05) is 25.7 Å². The van der Waals surface area contributed by atoms with Crippen LogP contribution in [0.1, 0.15) is 28.5 Å². The number of morpholine rings is 1. The summed E-state index contributed by atoms with van der Waals surface area (Å²) in [5, 5.41) is 0. The number of rotatable bonds is 6. The molecule has 0 spiro atoms. The molecule has 1 aromatic carbocycles. The van der Waals surface area contributed by atoms with Gasteiger partial charge < -0.3 is 14.4 Å². The van der Waals surface area contributed by atoms with Crippen molar-refractivity contribution in [1.29, 1.82) is 0 Å². The van der Waals surface area contributed by atoms with E-state index >= 15 is 0 Å². The standard InChI is InChI=1S/C23H24N4O3/c1-2-30-23(28)20-19(16-17-8-4-3-5-9-17)25-21(18-10-6-7-11-24-18)26-22(20)27-12-14-29-15-13-27/h3-11H,2,12-16H2,1H3. The van der Waals surface area contributed by atoms with E-state index in [1.165, 1.54) is 0 Å². The van der Waals surface area contributed by atoms with Crippen LogP contribution in [0, 0.1) is 0 Å². The van der Waals surface area contributed by atoms with Gasteiger partial charge in [0.1, 0.15) is 17.1 Å². The van der Waals surface area contributed by atoms with Crippen LogP contribution >= 0.6 is 0 Å². The summed E-state index contributed by atoms with van der Waals surface area (Å²) >= 11 is 0. The fraction of sp³-hybridized carbons (Fsp3) is 0.304. The highest BCUT2D eigenvalue weighted by Crippen LogP contribution is 2.28. The van der Waals surface area contributed by atoms with E-state index in [4.69, 9.17) is 19.4 Å². The van der Waals surface area contributed by atoms with Crippen LogP contribution in [0.15, 0.2) is 54.7 Å². The lowest BCUT2D eigenvalue weighted by molar-refractivity contribution is 0.0524. The quantitative estimate of drug-likeness (QED) is 0.584. The molecule has 7 nitrogen and oxygen atoms in total. The summed E-state index contributed by atoms with van der Waals surface area (Å²) in [6.45, 7) is 4.55. The molecule has 0 amide bonds. The van der Waals surface area contributed by atoms with Crippen LogP contribution in [-0.4, -0.2) is 53.8 Å². The third kappa shape index (κ3) is 4.46. The number of carbonyl (C=O) groups excluding carboxylic acids is 1. The van der Waals surface area contributed by atoms with E-state index in [9.17, 15) is 4.79 Å². The number of ether oxygens (including phenoxy) is 2. The molecule has 0 bridgehead atoms. The van der Waals surface area contributed by atoms with E-state index in [0.717, 1.165) is 5.56 Å². The topological polar surface area (TPSA) is 77.4 Å². The minimum absolute atomic E-state index is 0.286. The third-order valence-corrected chi connectivity index (χ3v) is 4.86. The van der Waals surface area contributed by atoms with Gasteiger partial charge in [-0.25, -0.2) is 14.8 Å². The molecule has 30 heavy (non-hydrogen) atoms. The Bertz CT molecular complexity index is 990. The van der Waals surface area contributed by atoms with E-state index in [-0.39, 0.29) is 6.61 Å². The Hall–Kier alpha value is -3.32. The fourth-order valence-electron chi connectivity index (χ4n) is 3.44. The van der Waals surface area contributed by atoms with E-state index in [1.807, 2.05) is 48.5 Å². The first-order valence-electron chi connectivity index (χ1n) is 10.1. The number of anilines is 1. The summed E-state index contributed by atoms with van der Waals surface area (Å²) in [6.07, 6.45) is 2.21. The zero-order chi connectivity index (χ0) is 20.8. The van der Waals surface area contributed by atoms with Crippen LogP contribution < -0.4 is 4.90 Å². The molecule has 0 aliphatic carbocycles. The Morgan fingerprint density at radius 3 is 2.53 bits per heavy atom. The molecule has 3 heterocycles. The van der Waals surface area contributed by atoms with Gasteiger partial charge in [-0.2, -0.15) is 0 Å². The summed E-state index contributed by atoms with van der Waals surface area (Å²) in [4.78, 5) is 29.0. The van der Waals surface area contributed by atoms with Crippen molar-refractivity contribution < 1.29 is 14.3 Å². The summed E-state index contributed by atoms with van der Waals surface area (Å²) < 4.78 is 10.9. The molecule has 1 fully saturated rings.